The fourth-order valence-electron chi connectivity index (χ4n) is 3.74. The maximum atomic E-state index is 14.8. The zero-order chi connectivity index (χ0) is 22.5. The van der Waals surface area contributed by atoms with Crippen LogP contribution in [0.4, 0.5) is 4.39 Å². The summed E-state index contributed by atoms with van der Waals surface area (Å²) in [7, 11) is 1.95. The van der Waals surface area contributed by atoms with Gasteiger partial charge in [0.15, 0.2) is 6.79 Å². The summed E-state index contributed by atoms with van der Waals surface area (Å²) in [4.78, 5) is 0. The minimum absolute atomic E-state index is 0.0170. The third kappa shape index (κ3) is 6.05. The van der Waals surface area contributed by atoms with Crippen molar-refractivity contribution >= 4 is 13.9 Å². The van der Waals surface area contributed by atoms with E-state index < -0.39 is 0 Å². The van der Waals surface area contributed by atoms with Gasteiger partial charge in [0, 0.05) is 23.1 Å². The lowest BCUT2D eigenvalue weighted by Gasteiger charge is -2.35. The highest BCUT2D eigenvalue weighted by atomic mass is 31.1. The number of rotatable bonds is 9. The molecule has 0 aromatic heterocycles. The van der Waals surface area contributed by atoms with E-state index in [9.17, 15) is 4.39 Å². The monoisotopic (exact) mass is 432 g/mol. The Morgan fingerprint density at radius 3 is 2.30 bits per heavy atom. The van der Waals surface area contributed by atoms with Gasteiger partial charge in [-0.15, -0.1) is 0 Å². The third-order valence-electron chi connectivity index (χ3n) is 5.62. The first-order valence-electron chi connectivity index (χ1n) is 10.8. The standard InChI is InChI=1S/C26H38FO2P/c1-9-10-13-26(7,30-23-12-11-18(2)14-22(23)27)21-16-20(25(4,5)6)15-19(3)24(21)29-17-28-8/h11-12,14-16,30H,9-10,13,17H2,1-8H3. The number of unbranched alkanes of at least 4 members (excludes halogenated alkanes) is 1. The van der Waals surface area contributed by atoms with Gasteiger partial charge < -0.3 is 9.47 Å². The molecule has 0 aliphatic heterocycles. The number of benzene rings is 2. The van der Waals surface area contributed by atoms with E-state index in [0.717, 1.165) is 47.0 Å². The van der Waals surface area contributed by atoms with E-state index in [1.807, 2.05) is 19.1 Å². The van der Waals surface area contributed by atoms with Crippen LogP contribution in [0.5, 0.6) is 5.75 Å². The molecule has 0 saturated carbocycles. The lowest BCUT2D eigenvalue weighted by Crippen LogP contribution is -2.24. The van der Waals surface area contributed by atoms with Crippen molar-refractivity contribution < 1.29 is 13.9 Å². The minimum Gasteiger partial charge on any atom is -0.467 e. The normalized spacial score (nSPS) is 14.3. The highest BCUT2D eigenvalue weighted by Crippen LogP contribution is 2.50. The molecule has 0 radical (unpaired) electrons. The number of hydrogen-bond acceptors (Lipinski definition) is 2. The van der Waals surface area contributed by atoms with Crippen molar-refractivity contribution in [2.45, 2.75) is 78.3 Å². The van der Waals surface area contributed by atoms with Crippen LogP contribution in [0, 0.1) is 19.7 Å². The average Bonchev–Trinajstić information content (AvgIpc) is 2.66. The lowest BCUT2D eigenvalue weighted by molar-refractivity contribution is 0.0494. The largest absolute Gasteiger partial charge is 0.467 e. The van der Waals surface area contributed by atoms with Crippen LogP contribution < -0.4 is 10.0 Å². The van der Waals surface area contributed by atoms with Crippen LogP contribution in [0.15, 0.2) is 30.3 Å². The molecule has 0 aliphatic rings. The van der Waals surface area contributed by atoms with E-state index in [0.29, 0.717) is 8.58 Å². The van der Waals surface area contributed by atoms with Crippen molar-refractivity contribution in [1.82, 2.24) is 0 Å². The Balaban J connectivity index is 2.66. The number of hydrogen-bond donors (Lipinski definition) is 0. The molecule has 0 spiro atoms. The van der Waals surface area contributed by atoms with Crippen LogP contribution in [0.2, 0.25) is 0 Å². The van der Waals surface area contributed by atoms with Gasteiger partial charge in [-0.25, -0.2) is 4.39 Å². The van der Waals surface area contributed by atoms with Crippen molar-refractivity contribution in [1.29, 1.82) is 0 Å². The van der Waals surface area contributed by atoms with Gasteiger partial charge in [-0.2, -0.15) is 0 Å². The van der Waals surface area contributed by atoms with Crippen molar-refractivity contribution in [2.75, 3.05) is 13.9 Å². The molecule has 0 aliphatic carbocycles. The molecule has 4 heteroatoms. The Morgan fingerprint density at radius 2 is 1.73 bits per heavy atom. The van der Waals surface area contributed by atoms with Crippen LogP contribution in [-0.2, 0) is 15.3 Å². The summed E-state index contributed by atoms with van der Waals surface area (Å²) in [6, 6.07) is 10.1. The Kier molecular flexibility index (Phi) is 8.48. The van der Waals surface area contributed by atoms with Crippen molar-refractivity contribution in [2.24, 2.45) is 0 Å². The van der Waals surface area contributed by atoms with E-state index >= 15 is 0 Å². The summed E-state index contributed by atoms with van der Waals surface area (Å²) < 4.78 is 26.1. The Bertz CT molecular complexity index is 857. The second kappa shape index (κ2) is 10.2. The van der Waals surface area contributed by atoms with Gasteiger partial charge in [-0.05, 0) is 48.4 Å². The summed E-state index contributed by atoms with van der Waals surface area (Å²) in [6.07, 6.45) is 3.16. The molecule has 0 fully saturated rings. The van der Waals surface area contributed by atoms with Gasteiger partial charge in [0.2, 0.25) is 0 Å². The second-order valence-electron chi connectivity index (χ2n) is 9.51. The quantitative estimate of drug-likeness (QED) is 0.310. The number of ether oxygens (including phenoxy) is 2. The van der Waals surface area contributed by atoms with Crippen molar-refractivity contribution in [3.8, 4) is 5.75 Å². The third-order valence-corrected chi connectivity index (χ3v) is 7.37. The first-order chi connectivity index (χ1) is 14.0. The topological polar surface area (TPSA) is 18.5 Å². The first-order valence-corrected chi connectivity index (χ1v) is 11.8. The van der Waals surface area contributed by atoms with Crippen LogP contribution in [0.1, 0.15) is 76.1 Å². The second-order valence-corrected chi connectivity index (χ2v) is 11.4. The molecule has 0 N–H and O–H groups in total. The van der Waals surface area contributed by atoms with Gasteiger partial charge in [-0.3, -0.25) is 0 Å². The first kappa shape index (κ1) is 24.8. The molecular formula is C26H38FO2P. The van der Waals surface area contributed by atoms with Crippen molar-refractivity contribution in [3.63, 3.8) is 0 Å². The van der Waals surface area contributed by atoms with Crippen LogP contribution in [0.3, 0.4) is 0 Å². The number of methoxy groups -OCH3 is 1. The number of halogens is 1. The predicted molar refractivity (Wildman–Crippen MR) is 128 cm³/mol. The molecule has 2 rings (SSSR count). The fraction of sp³-hybridized carbons (Fsp3) is 0.538. The number of aryl methyl sites for hydroxylation is 2. The Morgan fingerprint density at radius 1 is 1.03 bits per heavy atom. The highest BCUT2D eigenvalue weighted by molar-refractivity contribution is 7.48. The lowest BCUT2D eigenvalue weighted by atomic mass is 9.82. The van der Waals surface area contributed by atoms with E-state index in [-0.39, 0.29) is 23.2 Å². The zero-order valence-electron chi connectivity index (χ0n) is 19.9. The Hall–Kier alpha value is -1.44. The maximum Gasteiger partial charge on any atom is 0.188 e. The summed E-state index contributed by atoms with van der Waals surface area (Å²) >= 11 is 0. The van der Waals surface area contributed by atoms with Crippen LogP contribution >= 0.6 is 8.58 Å². The summed E-state index contributed by atoms with van der Waals surface area (Å²) in [5.74, 6) is 0.766. The molecule has 2 aromatic carbocycles. The van der Waals surface area contributed by atoms with E-state index in [4.69, 9.17) is 9.47 Å². The molecule has 0 saturated heterocycles. The SMILES string of the molecule is CCCCC(C)(Pc1ccc(C)cc1F)c1cc(C(C)(C)C)cc(C)c1OCOC. The molecule has 2 unspecified atom stereocenters. The zero-order valence-corrected chi connectivity index (χ0v) is 20.9. The molecule has 30 heavy (non-hydrogen) atoms. The summed E-state index contributed by atoms with van der Waals surface area (Å²) in [5, 5.41) is 0.567. The fourth-order valence-corrected chi connectivity index (χ4v) is 5.31. The van der Waals surface area contributed by atoms with Crippen LogP contribution in [0.25, 0.3) is 0 Å². The van der Waals surface area contributed by atoms with Crippen LogP contribution in [-0.4, -0.2) is 13.9 Å². The van der Waals surface area contributed by atoms with Gasteiger partial charge in [0.25, 0.3) is 0 Å². The smallest absolute Gasteiger partial charge is 0.188 e. The molecule has 2 aromatic rings. The van der Waals surface area contributed by atoms with Gasteiger partial charge in [0.05, 0.1) is 0 Å². The highest BCUT2D eigenvalue weighted by Gasteiger charge is 2.33. The molecule has 0 bridgehead atoms. The van der Waals surface area contributed by atoms with Gasteiger partial charge in [0.1, 0.15) is 11.6 Å². The summed E-state index contributed by atoms with van der Waals surface area (Å²) in [5.41, 5.74) is 4.51. The molecule has 0 amide bonds. The van der Waals surface area contributed by atoms with Gasteiger partial charge >= 0.3 is 0 Å². The molecule has 166 valence electrons. The van der Waals surface area contributed by atoms with Crippen molar-refractivity contribution in [3.05, 3.63) is 58.4 Å². The molecule has 2 atom stereocenters. The Labute approximate surface area is 184 Å². The predicted octanol–water partition coefficient (Wildman–Crippen LogP) is 7.13. The average molecular weight is 433 g/mol. The minimum atomic E-state index is -0.221. The molecule has 2 nitrogen and oxygen atoms in total. The van der Waals surface area contributed by atoms with E-state index in [2.05, 4.69) is 53.7 Å². The van der Waals surface area contributed by atoms with E-state index in [1.165, 1.54) is 5.56 Å². The molecule has 0 heterocycles. The molecular weight excluding hydrogens is 394 g/mol. The maximum absolute atomic E-state index is 14.8. The van der Waals surface area contributed by atoms with E-state index in [1.54, 1.807) is 13.2 Å². The van der Waals surface area contributed by atoms with Gasteiger partial charge in [-0.1, -0.05) is 80.3 Å². The summed E-state index contributed by atoms with van der Waals surface area (Å²) in [6.45, 7) is 15.4.